The van der Waals surface area contributed by atoms with Gasteiger partial charge in [-0.2, -0.15) is 0 Å². The molecule has 11 nitrogen and oxygen atoms in total. The van der Waals surface area contributed by atoms with Gasteiger partial charge >= 0.3 is 0 Å². The van der Waals surface area contributed by atoms with Crippen LogP contribution in [-0.2, 0) is 9.53 Å². The van der Waals surface area contributed by atoms with E-state index in [0.717, 1.165) is 18.8 Å². The van der Waals surface area contributed by atoms with Gasteiger partial charge in [0.05, 0.1) is 35.9 Å². The highest BCUT2D eigenvalue weighted by molar-refractivity contribution is 6.33. The minimum absolute atomic E-state index is 0.0224. The number of imidazole rings is 1. The number of rotatable bonds is 8. The summed E-state index contributed by atoms with van der Waals surface area (Å²) in [6.45, 7) is 6.07. The number of carbonyl (C=O) groups is 3. The number of nitrogens with zero attached hydrogens (tertiary/aromatic N) is 2. The molecule has 2 fully saturated rings. The number of aromatic nitrogens is 2. The molecule has 0 spiro atoms. The predicted molar refractivity (Wildman–Crippen MR) is 144 cm³/mol. The summed E-state index contributed by atoms with van der Waals surface area (Å²) >= 11 is 6.37. The smallest absolute Gasteiger partial charge is 0.272 e. The van der Waals surface area contributed by atoms with Crippen LogP contribution < -0.4 is 20.9 Å². The van der Waals surface area contributed by atoms with E-state index in [4.69, 9.17) is 16.3 Å². The van der Waals surface area contributed by atoms with Crippen molar-refractivity contribution >= 4 is 40.7 Å². The fraction of sp³-hybridized carbons (Fsp3) is 0.538. The monoisotopic (exact) mass is 546 g/mol. The molecule has 2 aromatic rings. The summed E-state index contributed by atoms with van der Waals surface area (Å²) in [6.07, 6.45) is 3.76. The summed E-state index contributed by atoms with van der Waals surface area (Å²) in [4.78, 5) is 47.2. The van der Waals surface area contributed by atoms with Crippen LogP contribution in [0, 0.1) is 5.92 Å². The number of H-pyrrole nitrogens is 1. The first-order valence-electron chi connectivity index (χ1n) is 12.9. The summed E-state index contributed by atoms with van der Waals surface area (Å²) in [6, 6.07) is 5.51. The Kier molecular flexibility index (Phi) is 8.91. The van der Waals surface area contributed by atoms with Gasteiger partial charge in [0.1, 0.15) is 5.69 Å². The third-order valence-corrected chi connectivity index (χ3v) is 7.11. The number of amides is 3. The van der Waals surface area contributed by atoms with E-state index in [-0.39, 0.29) is 35.8 Å². The average molecular weight is 547 g/mol. The van der Waals surface area contributed by atoms with Crippen LogP contribution in [-0.4, -0.2) is 77.3 Å². The summed E-state index contributed by atoms with van der Waals surface area (Å²) in [5.74, 6) is -1.26. The number of ether oxygens (including phenoxy) is 1. The van der Waals surface area contributed by atoms with E-state index in [1.165, 1.54) is 6.33 Å². The van der Waals surface area contributed by atoms with Crippen LogP contribution in [0.5, 0.6) is 0 Å². The molecule has 2 heterocycles. The van der Waals surface area contributed by atoms with Crippen LogP contribution in [0.3, 0.4) is 0 Å². The zero-order valence-corrected chi connectivity index (χ0v) is 22.4. The molecular weight excluding hydrogens is 512 g/mol. The van der Waals surface area contributed by atoms with E-state index in [0.29, 0.717) is 49.6 Å². The molecule has 38 heavy (non-hydrogen) atoms. The van der Waals surface area contributed by atoms with Crippen molar-refractivity contribution in [3.05, 3.63) is 40.9 Å². The Bertz CT molecular complexity index is 1150. The van der Waals surface area contributed by atoms with Gasteiger partial charge in [-0.15, -0.1) is 0 Å². The number of benzene rings is 1. The zero-order valence-electron chi connectivity index (χ0n) is 21.7. The lowest BCUT2D eigenvalue weighted by atomic mass is 9.85. The highest BCUT2D eigenvalue weighted by Gasteiger charge is 2.29. The lowest BCUT2D eigenvalue weighted by Crippen LogP contribution is -2.41. The molecule has 4 rings (SSSR count). The maximum absolute atomic E-state index is 13.0. The molecular formula is C26H35ClN6O5. The highest BCUT2D eigenvalue weighted by atomic mass is 35.5. The van der Waals surface area contributed by atoms with E-state index in [1.54, 1.807) is 19.9 Å². The molecule has 0 atom stereocenters. The van der Waals surface area contributed by atoms with Gasteiger partial charge in [-0.3, -0.25) is 14.4 Å². The SMILES string of the molecule is CC(C)(O)CNC(=O)c1nc[nH]c1C(=O)N[C@H]1CC[C@H](C(=O)Nc2cc(N3CCOCC3)ccc2Cl)CC1. The Hall–Kier alpha value is -3.15. The Balaban J connectivity index is 1.28. The molecule has 206 valence electrons. The van der Waals surface area contributed by atoms with Crippen LogP contribution in [0.2, 0.25) is 5.02 Å². The number of carbonyl (C=O) groups excluding carboxylic acids is 3. The van der Waals surface area contributed by atoms with Gasteiger partial charge in [-0.1, -0.05) is 11.6 Å². The Morgan fingerprint density at radius 3 is 2.55 bits per heavy atom. The van der Waals surface area contributed by atoms with Crippen LogP contribution in [0.25, 0.3) is 0 Å². The standard InChI is InChI=1S/C26H35ClN6O5/c1-26(2,37)14-28-24(35)21-22(30-15-29-21)25(36)31-17-5-3-16(4-6-17)23(34)32-20-13-18(7-8-19(20)27)33-9-11-38-12-10-33/h7-8,13,15-17,37H,3-6,9-12,14H2,1-2H3,(H,28,35)(H,29,30)(H,31,36)(H,32,34)/t16-,17-. The van der Waals surface area contributed by atoms with E-state index in [2.05, 4.69) is 30.8 Å². The van der Waals surface area contributed by atoms with Crippen LogP contribution in [0.15, 0.2) is 24.5 Å². The minimum atomic E-state index is -1.09. The number of nitrogens with one attached hydrogen (secondary N) is 4. The summed E-state index contributed by atoms with van der Waals surface area (Å²) in [5.41, 5.74) is 0.525. The molecule has 5 N–H and O–H groups in total. The second kappa shape index (κ2) is 12.1. The van der Waals surface area contributed by atoms with Crippen LogP contribution >= 0.6 is 11.6 Å². The molecule has 1 aromatic heterocycles. The first-order chi connectivity index (χ1) is 18.1. The number of aliphatic hydroxyl groups is 1. The van der Waals surface area contributed by atoms with Crippen molar-refractivity contribution in [2.24, 2.45) is 5.92 Å². The maximum Gasteiger partial charge on any atom is 0.272 e. The van der Waals surface area contributed by atoms with E-state index >= 15 is 0 Å². The average Bonchev–Trinajstić information content (AvgIpc) is 3.39. The number of hydrogen-bond donors (Lipinski definition) is 5. The van der Waals surface area contributed by atoms with Gasteiger partial charge in [0.25, 0.3) is 11.8 Å². The van der Waals surface area contributed by atoms with Crippen molar-refractivity contribution in [2.75, 3.05) is 43.1 Å². The molecule has 1 saturated heterocycles. The van der Waals surface area contributed by atoms with Crippen molar-refractivity contribution in [3.8, 4) is 0 Å². The van der Waals surface area contributed by atoms with Gasteiger partial charge in [0.15, 0.2) is 5.69 Å². The number of anilines is 2. The van der Waals surface area contributed by atoms with Crippen LogP contribution in [0.1, 0.15) is 60.5 Å². The Morgan fingerprint density at radius 2 is 1.87 bits per heavy atom. The van der Waals surface area contributed by atoms with Crippen molar-refractivity contribution in [3.63, 3.8) is 0 Å². The number of halogens is 1. The molecule has 1 saturated carbocycles. The van der Waals surface area contributed by atoms with Crippen molar-refractivity contribution in [1.82, 2.24) is 20.6 Å². The Morgan fingerprint density at radius 1 is 1.16 bits per heavy atom. The Labute approximate surface area is 226 Å². The van der Waals surface area contributed by atoms with Gasteiger partial charge in [-0.25, -0.2) is 4.98 Å². The van der Waals surface area contributed by atoms with E-state index in [9.17, 15) is 19.5 Å². The second-order valence-electron chi connectivity index (χ2n) is 10.4. The molecule has 1 aliphatic heterocycles. The van der Waals surface area contributed by atoms with Crippen LogP contribution in [0.4, 0.5) is 11.4 Å². The van der Waals surface area contributed by atoms with Gasteiger partial charge < -0.3 is 35.7 Å². The normalized spacial score (nSPS) is 20.1. The highest BCUT2D eigenvalue weighted by Crippen LogP contribution is 2.31. The molecule has 12 heteroatoms. The summed E-state index contributed by atoms with van der Waals surface area (Å²) < 4.78 is 5.42. The van der Waals surface area contributed by atoms with Crippen molar-refractivity contribution in [2.45, 2.75) is 51.2 Å². The lowest BCUT2D eigenvalue weighted by molar-refractivity contribution is -0.120. The minimum Gasteiger partial charge on any atom is -0.389 e. The first-order valence-corrected chi connectivity index (χ1v) is 13.3. The molecule has 1 aromatic carbocycles. The first kappa shape index (κ1) is 27.9. The molecule has 3 amide bonds. The third kappa shape index (κ3) is 7.24. The molecule has 1 aliphatic carbocycles. The zero-order chi connectivity index (χ0) is 27.3. The lowest BCUT2D eigenvalue weighted by Gasteiger charge is -2.30. The summed E-state index contributed by atoms with van der Waals surface area (Å²) in [5, 5.41) is 18.8. The topological polar surface area (TPSA) is 149 Å². The fourth-order valence-corrected chi connectivity index (χ4v) is 4.80. The van der Waals surface area contributed by atoms with Gasteiger partial charge in [0.2, 0.25) is 5.91 Å². The molecule has 0 radical (unpaired) electrons. The van der Waals surface area contributed by atoms with Gasteiger partial charge in [0, 0.05) is 37.3 Å². The quantitative estimate of drug-likeness (QED) is 0.341. The number of morpholine rings is 1. The van der Waals surface area contributed by atoms with Gasteiger partial charge in [-0.05, 0) is 57.7 Å². The van der Waals surface area contributed by atoms with E-state index < -0.39 is 17.4 Å². The molecule has 0 unspecified atom stereocenters. The van der Waals surface area contributed by atoms with E-state index in [1.807, 2.05) is 12.1 Å². The predicted octanol–water partition coefficient (Wildman–Crippen LogP) is 2.33. The number of hydrogen-bond acceptors (Lipinski definition) is 7. The molecule has 0 bridgehead atoms. The maximum atomic E-state index is 13.0. The van der Waals surface area contributed by atoms with Crippen molar-refractivity contribution < 1.29 is 24.2 Å². The fourth-order valence-electron chi connectivity index (χ4n) is 4.64. The largest absolute Gasteiger partial charge is 0.389 e. The molecule has 2 aliphatic rings. The summed E-state index contributed by atoms with van der Waals surface area (Å²) in [7, 11) is 0. The third-order valence-electron chi connectivity index (χ3n) is 6.78. The second-order valence-corrected chi connectivity index (χ2v) is 10.8. The van der Waals surface area contributed by atoms with Crippen molar-refractivity contribution in [1.29, 1.82) is 0 Å². The number of aromatic amines is 1.